The molecule has 126 valence electrons. The van der Waals surface area contributed by atoms with E-state index in [4.69, 9.17) is 0 Å². The van der Waals surface area contributed by atoms with E-state index in [0.717, 1.165) is 43.3 Å². The minimum absolute atomic E-state index is 0.0490. The monoisotopic (exact) mass is 337 g/mol. The third kappa shape index (κ3) is 4.03. The number of hydrogen-bond acceptors (Lipinski definition) is 3. The Morgan fingerprint density at radius 2 is 1.83 bits per heavy atom. The summed E-state index contributed by atoms with van der Waals surface area (Å²) in [6.45, 7) is 1.26. The van der Waals surface area contributed by atoms with E-state index in [1.165, 1.54) is 6.26 Å². The van der Waals surface area contributed by atoms with Crippen molar-refractivity contribution in [2.45, 2.75) is 32.2 Å². The summed E-state index contributed by atoms with van der Waals surface area (Å²) in [6.07, 6.45) is 5.26. The summed E-state index contributed by atoms with van der Waals surface area (Å²) in [4.78, 5) is 15.0. The van der Waals surface area contributed by atoms with Crippen LogP contribution in [0.4, 0.5) is 0 Å². The van der Waals surface area contributed by atoms with Gasteiger partial charge >= 0.3 is 5.69 Å². The Morgan fingerprint density at radius 3 is 2.52 bits per heavy atom. The average Bonchev–Trinajstić information content (AvgIpc) is 2.82. The summed E-state index contributed by atoms with van der Waals surface area (Å²) in [5, 5.41) is 0. The second-order valence-corrected chi connectivity index (χ2v) is 8.40. The van der Waals surface area contributed by atoms with Crippen molar-refractivity contribution in [1.29, 1.82) is 0 Å². The van der Waals surface area contributed by atoms with Gasteiger partial charge in [-0.1, -0.05) is 12.1 Å². The molecule has 6 nitrogen and oxygen atoms in total. The van der Waals surface area contributed by atoms with Gasteiger partial charge in [0.1, 0.15) is 0 Å². The molecule has 3 rings (SSSR count). The fraction of sp³-hybridized carbons (Fsp3) is 0.562. The molecule has 2 aromatic rings. The molecule has 1 aromatic carbocycles. The fourth-order valence-electron chi connectivity index (χ4n) is 3.43. The van der Waals surface area contributed by atoms with Crippen LogP contribution < -0.4 is 10.4 Å². The minimum atomic E-state index is -3.11. The summed E-state index contributed by atoms with van der Waals surface area (Å²) in [7, 11) is -3.11. The normalized spacial score (nSPS) is 22.5. The van der Waals surface area contributed by atoms with Crippen molar-refractivity contribution in [1.82, 2.24) is 14.3 Å². The van der Waals surface area contributed by atoms with Gasteiger partial charge in [-0.3, -0.25) is 4.57 Å². The number of benzene rings is 1. The van der Waals surface area contributed by atoms with Crippen LogP contribution >= 0.6 is 0 Å². The highest BCUT2D eigenvalue weighted by molar-refractivity contribution is 7.88. The molecule has 0 spiro atoms. The highest BCUT2D eigenvalue weighted by Gasteiger charge is 2.23. The summed E-state index contributed by atoms with van der Waals surface area (Å²) < 4.78 is 26.7. The quantitative estimate of drug-likeness (QED) is 0.871. The van der Waals surface area contributed by atoms with Crippen LogP contribution in [0.25, 0.3) is 11.0 Å². The highest BCUT2D eigenvalue weighted by Crippen LogP contribution is 2.29. The van der Waals surface area contributed by atoms with Gasteiger partial charge in [-0.2, -0.15) is 0 Å². The molecule has 0 atom stereocenters. The number of fused-ring (bicyclic) bond motifs is 1. The second kappa shape index (κ2) is 6.49. The van der Waals surface area contributed by atoms with E-state index in [1.807, 2.05) is 28.8 Å². The van der Waals surface area contributed by atoms with E-state index in [1.54, 1.807) is 0 Å². The maximum Gasteiger partial charge on any atom is 0.326 e. The maximum atomic E-state index is 12.1. The molecule has 7 heteroatoms. The van der Waals surface area contributed by atoms with Crippen molar-refractivity contribution < 1.29 is 8.42 Å². The van der Waals surface area contributed by atoms with Crippen LogP contribution in [-0.2, 0) is 16.6 Å². The van der Waals surface area contributed by atoms with Crippen LogP contribution in [0.2, 0.25) is 0 Å². The van der Waals surface area contributed by atoms with Crippen LogP contribution in [0, 0.1) is 11.8 Å². The topological polar surface area (TPSA) is 84.0 Å². The first-order chi connectivity index (χ1) is 10.9. The second-order valence-electron chi connectivity index (χ2n) is 6.57. The van der Waals surface area contributed by atoms with E-state index in [0.29, 0.717) is 18.4 Å². The predicted molar refractivity (Wildman–Crippen MR) is 90.9 cm³/mol. The molecule has 0 unspecified atom stereocenters. The van der Waals surface area contributed by atoms with Gasteiger partial charge in [0.25, 0.3) is 0 Å². The van der Waals surface area contributed by atoms with Crippen molar-refractivity contribution in [3.8, 4) is 0 Å². The summed E-state index contributed by atoms with van der Waals surface area (Å²) >= 11 is 0. The molecule has 0 amide bonds. The van der Waals surface area contributed by atoms with E-state index < -0.39 is 10.0 Å². The molecule has 1 aliphatic rings. The van der Waals surface area contributed by atoms with Crippen molar-refractivity contribution in [3.63, 3.8) is 0 Å². The first-order valence-electron chi connectivity index (χ1n) is 8.04. The summed E-state index contributed by atoms with van der Waals surface area (Å²) in [5.74, 6) is 0.877. The van der Waals surface area contributed by atoms with Crippen LogP contribution in [0.15, 0.2) is 29.1 Å². The van der Waals surface area contributed by atoms with Crippen LogP contribution in [0.5, 0.6) is 0 Å². The van der Waals surface area contributed by atoms with Gasteiger partial charge in [0.2, 0.25) is 10.0 Å². The van der Waals surface area contributed by atoms with E-state index in [2.05, 4.69) is 9.71 Å². The molecule has 0 saturated heterocycles. The highest BCUT2D eigenvalue weighted by atomic mass is 32.2. The third-order valence-electron chi connectivity index (χ3n) is 4.72. The van der Waals surface area contributed by atoms with Gasteiger partial charge in [-0.15, -0.1) is 0 Å². The zero-order valence-corrected chi connectivity index (χ0v) is 14.1. The van der Waals surface area contributed by atoms with Gasteiger partial charge in [-0.25, -0.2) is 17.9 Å². The van der Waals surface area contributed by atoms with Gasteiger partial charge in [0.15, 0.2) is 0 Å². The minimum Gasteiger partial charge on any atom is -0.306 e. The number of aromatic nitrogens is 2. The third-order valence-corrected chi connectivity index (χ3v) is 5.41. The molecular formula is C16H23N3O3S. The van der Waals surface area contributed by atoms with Crippen LogP contribution in [-0.4, -0.2) is 30.8 Å². The first kappa shape index (κ1) is 16.3. The zero-order chi connectivity index (χ0) is 16.4. The largest absolute Gasteiger partial charge is 0.326 e. The Hall–Kier alpha value is -1.60. The van der Waals surface area contributed by atoms with Crippen molar-refractivity contribution in [2.24, 2.45) is 11.8 Å². The lowest BCUT2D eigenvalue weighted by Gasteiger charge is -2.28. The maximum absolute atomic E-state index is 12.1. The number of aromatic amines is 1. The number of nitrogens with zero attached hydrogens (tertiary/aromatic N) is 1. The number of sulfonamides is 1. The molecule has 1 heterocycles. The number of imidazole rings is 1. The summed E-state index contributed by atoms with van der Waals surface area (Å²) in [5.41, 5.74) is 1.79. The predicted octanol–water partition coefficient (Wildman–Crippen LogP) is 1.69. The molecule has 2 N–H and O–H groups in total. The first-order valence-corrected chi connectivity index (χ1v) is 9.94. The van der Waals surface area contributed by atoms with Gasteiger partial charge in [0.05, 0.1) is 17.3 Å². The number of para-hydroxylation sites is 2. The Kier molecular flexibility index (Phi) is 4.59. The molecule has 0 aliphatic heterocycles. The van der Waals surface area contributed by atoms with Gasteiger partial charge in [-0.05, 0) is 49.7 Å². The fourth-order valence-corrected chi connectivity index (χ4v) is 3.97. The average molecular weight is 337 g/mol. The molecule has 1 aromatic heterocycles. The number of H-pyrrole nitrogens is 1. The summed E-state index contributed by atoms with van der Waals surface area (Å²) in [6, 6.07) is 7.75. The molecule has 0 radical (unpaired) electrons. The zero-order valence-electron chi connectivity index (χ0n) is 13.3. The lowest BCUT2D eigenvalue weighted by Crippen LogP contribution is -2.31. The number of rotatable bonds is 5. The molecule has 23 heavy (non-hydrogen) atoms. The van der Waals surface area contributed by atoms with Gasteiger partial charge in [0, 0.05) is 13.1 Å². The Morgan fingerprint density at radius 1 is 1.17 bits per heavy atom. The Bertz CT molecular complexity index is 830. The lowest BCUT2D eigenvalue weighted by molar-refractivity contribution is 0.253. The smallest absolute Gasteiger partial charge is 0.306 e. The van der Waals surface area contributed by atoms with Gasteiger partial charge < -0.3 is 4.98 Å². The van der Waals surface area contributed by atoms with Crippen LogP contribution in [0.3, 0.4) is 0 Å². The SMILES string of the molecule is CS(=O)(=O)NC[C@H]1CC[C@H](Cn2c(=O)[nH]c3ccccc32)CC1. The van der Waals surface area contributed by atoms with Crippen molar-refractivity contribution in [2.75, 3.05) is 12.8 Å². The lowest BCUT2D eigenvalue weighted by atomic mass is 9.82. The Balaban J connectivity index is 1.60. The van der Waals surface area contributed by atoms with Crippen molar-refractivity contribution in [3.05, 3.63) is 34.7 Å². The molecular weight excluding hydrogens is 314 g/mol. The molecule has 1 fully saturated rings. The van der Waals surface area contributed by atoms with E-state index >= 15 is 0 Å². The number of hydrogen-bond donors (Lipinski definition) is 2. The molecule has 1 aliphatic carbocycles. The van der Waals surface area contributed by atoms with E-state index in [9.17, 15) is 13.2 Å². The van der Waals surface area contributed by atoms with Crippen molar-refractivity contribution >= 4 is 21.1 Å². The Labute approximate surface area is 136 Å². The number of nitrogens with one attached hydrogen (secondary N) is 2. The van der Waals surface area contributed by atoms with Crippen LogP contribution in [0.1, 0.15) is 25.7 Å². The molecule has 1 saturated carbocycles. The van der Waals surface area contributed by atoms with E-state index in [-0.39, 0.29) is 5.69 Å². The molecule has 0 bridgehead atoms. The standard InChI is InChI=1S/C16H23N3O3S/c1-23(21,22)17-10-12-6-8-13(9-7-12)11-19-15-5-3-2-4-14(15)18-16(19)20/h2-5,12-13,17H,6-11H2,1H3,(H,18,20)/t12-,13-.